The van der Waals surface area contributed by atoms with Gasteiger partial charge in [0.05, 0.1) is 31.0 Å². The Bertz CT molecular complexity index is 1440. The molecule has 0 N–H and O–H groups in total. The summed E-state index contributed by atoms with van der Waals surface area (Å²) < 4.78 is 28.0. The molecular formula is C48H62FNO2. The Balaban J connectivity index is 1.32. The zero-order chi connectivity index (χ0) is 36.5. The molecule has 0 heterocycles. The molecule has 52 heavy (non-hydrogen) atoms. The van der Waals surface area contributed by atoms with Crippen LogP contribution in [-0.4, -0.2) is 12.7 Å². The first-order valence-corrected chi connectivity index (χ1v) is 20.3. The summed E-state index contributed by atoms with van der Waals surface area (Å²) in [6.07, 6.45) is 23.3. The number of benzene rings is 4. The minimum Gasteiger partial charge on any atom is -0.371 e. The molecule has 0 aliphatic carbocycles. The van der Waals surface area contributed by atoms with E-state index in [1.807, 2.05) is 18.2 Å². The lowest BCUT2D eigenvalue weighted by Crippen LogP contribution is -2.36. The van der Waals surface area contributed by atoms with E-state index in [4.69, 9.17) is 9.47 Å². The first-order chi connectivity index (χ1) is 25.7. The van der Waals surface area contributed by atoms with Crippen LogP contribution in [0.2, 0.25) is 0 Å². The van der Waals surface area contributed by atoms with E-state index in [1.165, 1.54) is 108 Å². The van der Waals surface area contributed by atoms with Gasteiger partial charge in [-0.2, -0.15) is 5.26 Å². The average molecular weight is 704 g/mol. The smallest absolute Gasteiger partial charge is 0.143 e. The van der Waals surface area contributed by atoms with E-state index in [0.717, 1.165) is 36.0 Å². The molecule has 0 saturated heterocycles. The molecule has 0 bridgehead atoms. The predicted molar refractivity (Wildman–Crippen MR) is 214 cm³/mol. The monoisotopic (exact) mass is 703 g/mol. The third kappa shape index (κ3) is 14.0. The van der Waals surface area contributed by atoms with Gasteiger partial charge in [-0.25, -0.2) is 4.39 Å². The number of hydrogen-bond acceptors (Lipinski definition) is 3. The van der Waals surface area contributed by atoms with Crippen molar-refractivity contribution in [2.45, 2.75) is 141 Å². The maximum atomic E-state index is 14.3. The van der Waals surface area contributed by atoms with Gasteiger partial charge in [-0.15, -0.1) is 0 Å². The van der Waals surface area contributed by atoms with Crippen molar-refractivity contribution in [3.63, 3.8) is 0 Å². The van der Waals surface area contributed by atoms with Gasteiger partial charge < -0.3 is 9.47 Å². The molecule has 0 saturated carbocycles. The van der Waals surface area contributed by atoms with Crippen LogP contribution in [0.5, 0.6) is 0 Å². The summed E-state index contributed by atoms with van der Waals surface area (Å²) in [5.74, 6) is -0.421. The van der Waals surface area contributed by atoms with Crippen LogP contribution in [0.25, 0.3) is 0 Å². The summed E-state index contributed by atoms with van der Waals surface area (Å²) in [6.45, 7) is 2.86. The maximum absolute atomic E-state index is 14.3. The summed E-state index contributed by atoms with van der Waals surface area (Å²) in [5, 5.41) is 9.40. The quantitative estimate of drug-likeness (QED) is 0.0459. The van der Waals surface area contributed by atoms with Crippen molar-refractivity contribution >= 4 is 0 Å². The Morgan fingerprint density at radius 3 is 1.42 bits per heavy atom. The number of hydrogen-bond donors (Lipinski definition) is 0. The largest absolute Gasteiger partial charge is 0.371 e. The van der Waals surface area contributed by atoms with E-state index < -0.39 is 11.4 Å². The van der Waals surface area contributed by atoms with Crippen LogP contribution in [0.3, 0.4) is 0 Å². The van der Waals surface area contributed by atoms with Gasteiger partial charge in [0.15, 0.2) is 0 Å². The molecule has 0 fully saturated rings. The Morgan fingerprint density at radius 2 is 1.00 bits per heavy atom. The Morgan fingerprint density at radius 1 is 0.577 bits per heavy atom. The van der Waals surface area contributed by atoms with E-state index in [2.05, 4.69) is 85.8 Å². The fourth-order valence-electron chi connectivity index (χ4n) is 7.31. The van der Waals surface area contributed by atoms with Gasteiger partial charge in [-0.05, 0) is 46.9 Å². The van der Waals surface area contributed by atoms with E-state index in [-0.39, 0.29) is 12.7 Å². The Kier molecular flexibility index (Phi) is 19.3. The molecule has 4 rings (SSSR count). The van der Waals surface area contributed by atoms with E-state index in [0.29, 0.717) is 17.7 Å². The molecule has 1 atom stereocenters. The molecule has 0 amide bonds. The topological polar surface area (TPSA) is 42.2 Å². The fraction of sp³-hybridized carbons (Fsp3) is 0.479. The molecule has 0 aromatic heterocycles. The lowest BCUT2D eigenvalue weighted by atomic mass is 9.80. The summed E-state index contributed by atoms with van der Waals surface area (Å²) in [5.41, 5.74) is 3.26. The van der Waals surface area contributed by atoms with Crippen molar-refractivity contribution in [1.82, 2.24) is 0 Å². The van der Waals surface area contributed by atoms with Gasteiger partial charge in [0, 0.05) is 0 Å². The normalized spacial score (nSPS) is 12.1. The lowest BCUT2D eigenvalue weighted by Gasteiger charge is -2.37. The van der Waals surface area contributed by atoms with Gasteiger partial charge >= 0.3 is 0 Å². The number of nitrogens with zero attached hydrogens (tertiary/aromatic N) is 1. The number of rotatable bonds is 27. The number of unbranched alkanes of at least 4 members (excludes halogenated alkanes) is 16. The molecule has 4 heteroatoms. The zero-order valence-electron chi connectivity index (χ0n) is 31.8. The summed E-state index contributed by atoms with van der Waals surface area (Å²) in [4.78, 5) is 0. The first kappa shape index (κ1) is 41.0. The van der Waals surface area contributed by atoms with Crippen LogP contribution in [0, 0.1) is 17.1 Å². The van der Waals surface area contributed by atoms with Crippen LogP contribution < -0.4 is 0 Å². The van der Waals surface area contributed by atoms with Crippen LogP contribution in [0.4, 0.5) is 4.39 Å². The highest BCUT2D eigenvalue weighted by molar-refractivity contribution is 5.47. The highest BCUT2D eigenvalue weighted by atomic mass is 19.1. The number of halogens is 1. The van der Waals surface area contributed by atoms with Crippen LogP contribution in [0.1, 0.15) is 150 Å². The second-order valence-corrected chi connectivity index (χ2v) is 14.4. The van der Waals surface area contributed by atoms with Crippen molar-refractivity contribution in [2.24, 2.45) is 0 Å². The van der Waals surface area contributed by atoms with Crippen molar-refractivity contribution in [3.05, 3.63) is 143 Å². The molecule has 3 nitrogen and oxygen atoms in total. The second-order valence-electron chi connectivity index (χ2n) is 14.4. The van der Waals surface area contributed by atoms with E-state index >= 15 is 0 Å². The highest BCUT2D eigenvalue weighted by Gasteiger charge is 2.38. The third-order valence-corrected chi connectivity index (χ3v) is 10.2. The maximum Gasteiger partial charge on any atom is 0.143 e. The summed E-state index contributed by atoms with van der Waals surface area (Å²) in [6, 6.07) is 37.7. The molecule has 0 aliphatic heterocycles. The lowest BCUT2D eigenvalue weighted by molar-refractivity contribution is -0.0731. The van der Waals surface area contributed by atoms with Crippen molar-refractivity contribution < 1.29 is 13.9 Å². The SMILES string of the molecule is CCCCCCCCCCCCCCCCCCC[C@H](COC(c1ccccc1)(c1ccccc1)c1ccccc1)OCc1cc(F)cc(C#N)c1. The molecule has 278 valence electrons. The predicted octanol–water partition coefficient (Wildman–Crippen LogP) is 13.6. The van der Waals surface area contributed by atoms with E-state index in [1.54, 1.807) is 6.07 Å². The third-order valence-electron chi connectivity index (χ3n) is 10.2. The van der Waals surface area contributed by atoms with Crippen molar-refractivity contribution in [2.75, 3.05) is 6.61 Å². The minimum atomic E-state index is -0.841. The molecular weight excluding hydrogens is 642 g/mol. The van der Waals surface area contributed by atoms with Crippen molar-refractivity contribution in [3.8, 4) is 6.07 Å². The van der Waals surface area contributed by atoms with Crippen molar-refractivity contribution in [1.29, 1.82) is 5.26 Å². The molecule has 0 spiro atoms. The van der Waals surface area contributed by atoms with Gasteiger partial charge in [0.25, 0.3) is 0 Å². The second kappa shape index (κ2) is 24.5. The molecule has 0 unspecified atom stereocenters. The molecule has 0 aliphatic rings. The summed E-state index contributed by atoms with van der Waals surface area (Å²) in [7, 11) is 0. The zero-order valence-corrected chi connectivity index (χ0v) is 31.8. The summed E-state index contributed by atoms with van der Waals surface area (Å²) >= 11 is 0. The van der Waals surface area contributed by atoms with Gasteiger partial charge in [-0.1, -0.05) is 207 Å². The average Bonchev–Trinajstić information content (AvgIpc) is 3.19. The highest BCUT2D eigenvalue weighted by Crippen LogP contribution is 2.40. The van der Waals surface area contributed by atoms with Gasteiger partial charge in [0.1, 0.15) is 11.4 Å². The van der Waals surface area contributed by atoms with Crippen LogP contribution in [0.15, 0.2) is 109 Å². The number of nitriles is 1. The van der Waals surface area contributed by atoms with Gasteiger partial charge in [-0.3, -0.25) is 0 Å². The minimum absolute atomic E-state index is 0.208. The standard InChI is InChI=1S/C48H62FNO2/c1-2-3-4-5-6-7-8-9-10-11-12-13-14-15-16-17-27-34-47(51-39-42-35-41(38-50)36-46(49)37-42)40-52-48(43-28-21-18-22-29-43,44-30-23-19-24-31-44)45-32-25-20-26-33-45/h18-26,28-33,35-37,47H,2-17,27,34,39-40H2,1H3/t47-/m1/s1. The Hall–Kier alpha value is -3.78. The molecule has 4 aromatic rings. The van der Waals surface area contributed by atoms with E-state index in [9.17, 15) is 9.65 Å². The Labute approximate surface area is 314 Å². The van der Waals surface area contributed by atoms with Gasteiger partial charge in [0.2, 0.25) is 0 Å². The molecule has 0 radical (unpaired) electrons. The van der Waals surface area contributed by atoms with Crippen LogP contribution in [-0.2, 0) is 21.7 Å². The van der Waals surface area contributed by atoms with Crippen LogP contribution >= 0.6 is 0 Å². The number of ether oxygens (including phenoxy) is 2. The fourth-order valence-corrected chi connectivity index (χ4v) is 7.31. The first-order valence-electron chi connectivity index (χ1n) is 20.3. The molecule has 4 aromatic carbocycles.